The van der Waals surface area contributed by atoms with Gasteiger partial charge in [-0.3, -0.25) is 14.9 Å². The molecule has 3 rings (SSSR count). The largest absolute Gasteiger partial charge is 0.497 e. The highest BCUT2D eigenvalue weighted by Crippen LogP contribution is 2.30. The van der Waals surface area contributed by atoms with Gasteiger partial charge in [-0.2, -0.15) is 0 Å². The van der Waals surface area contributed by atoms with Gasteiger partial charge < -0.3 is 18.9 Å². The van der Waals surface area contributed by atoms with E-state index in [4.69, 9.17) is 18.9 Å². The highest BCUT2D eigenvalue weighted by Gasteiger charge is 2.17. The molecular formula is C25H22FNO7. The standard InChI is InChI=1S/C25H22FNO7/c1-31-19-7-11-24(33-3)20(14-19)22(28)9-4-16-5-10-23(32-2)17(12-16)15-34-25-13-18(26)6-8-21(25)27(29)30/h4-14H,15H2,1-3H3/b9-4+. The number of carbonyl (C=O) groups excluding carboxylic acids is 1. The Kier molecular flexibility index (Phi) is 7.81. The smallest absolute Gasteiger partial charge is 0.311 e. The van der Waals surface area contributed by atoms with E-state index in [0.29, 0.717) is 33.9 Å². The number of nitro groups is 1. The summed E-state index contributed by atoms with van der Waals surface area (Å²) in [6.07, 6.45) is 3.00. The van der Waals surface area contributed by atoms with Crippen LogP contribution >= 0.6 is 0 Å². The van der Waals surface area contributed by atoms with Crippen LogP contribution in [0.1, 0.15) is 21.5 Å². The molecule has 0 aliphatic rings. The molecule has 0 unspecified atom stereocenters. The molecule has 0 fully saturated rings. The van der Waals surface area contributed by atoms with E-state index in [1.165, 1.54) is 27.4 Å². The van der Waals surface area contributed by atoms with Crippen molar-refractivity contribution in [3.63, 3.8) is 0 Å². The number of nitro benzene ring substituents is 1. The lowest BCUT2D eigenvalue weighted by molar-refractivity contribution is -0.386. The van der Waals surface area contributed by atoms with E-state index in [-0.39, 0.29) is 23.8 Å². The summed E-state index contributed by atoms with van der Waals surface area (Å²) >= 11 is 0. The first-order valence-electron chi connectivity index (χ1n) is 10.0. The summed E-state index contributed by atoms with van der Waals surface area (Å²) in [4.78, 5) is 23.3. The van der Waals surface area contributed by atoms with Crippen molar-refractivity contribution in [2.75, 3.05) is 21.3 Å². The Morgan fingerprint density at radius 2 is 1.68 bits per heavy atom. The zero-order chi connectivity index (χ0) is 24.7. The van der Waals surface area contributed by atoms with Gasteiger partial charge in [0.25, 0.3) is 0 Å². The molecule has 8 nitrogen and oxygen atoms in total. The minimum atomic E-state index is -0.657. The molecular weight excluding hydrogens is 445 g/mol. The van der Waals surface area contributed by atoms with Gasteiger partial charge >= 0.3 is 5.69 Å². The number of nitrogens with zero attached hydrogens (tertiary/aromatic N) is 1. The number of ketones is 1. The maximum Gasteiger partial charge on any atom is 0.311 e. The second-order valence-corrected chi connectivity index (χ2v) is 6.99. The molecule has 0 aliphatic carbocycles. The quantitative estimate of drug-likeness (QED) is 0.174. The number of hydrogen-bond acceptors (Lipinski definition) is 7. The van der Waals surface area contributed by atoms with Crippen molar-refractivity contribution >= 4 is 17.5 Å². The summed E-state index contributed by atoms with van der Waals surface area (Å²) in [6.45, 7) is -0.118. The van der Waals surface area contributed by atoms with E-state index >= 15 is 0 Å². The number of halogens is 1. The predicted octanol–water partition coefficient (Wildman–Crippen LogP) is 5.23. The summed E-state index contributed by atoms with van der Waals surface area (Å²) in [7, 11) is 4.45. The van der Waals surface area contributed by atoms with Crippen LogP contribution < -0.4 is 18.9 Å². The summed E-state index contributed by atoms with van der Waals surface area (Å²) in [5.41, 5.74) is 1.20. The number of rotatable bonds is 10. The topological polar surface area (TPSA) is 97.1 Å². The molecule has 0 bridgehead atoms. The Balaban J connectivity index is 1.84. The third kappa shape index (κ3) is 5.69. The van der Waals surface area contributed by atoms with E-state index in [9.17, 15) is 19.3 Å². The lowest BCUT2D eigenvalue weighted by Gasteiger charge is -2.11. The number of ether oxygens (including phenoxy) is 4. The third-order valence-electron chi connectivity index (χ3n) is 4.91. The van der Waals surface area contributed by atoms with Crippen molar-refractivity contribution in [2.24, 2.45) is 0 Å². The van der Waals surface area contributed by atoms with Crippen molar-refractivity contribution in [3.8, 4) is 23.0 Å². The molecule has 0 atom stereocenters. The Hall–Kier alpha value is -4.40. The first-order valence-corrected chi connectivity index (χ1v) is 10.0. The van der Waals surface area contributed by atoms with Gasteiger partial charge in [0.2, 0.25) is 0 Å². The average molecular weight is 467 g/mol. The zero-order valence-corrected chi connectivity index (χ0v) is 18.7. The number of allylic oxidation sites excluding steroid dienone is 1. The van der Waals surface area contributed by atoms with Crippen LogP contribution in [0.4, 0.5) is 10.1 Å². The van der Waals surface area contributed by atoms with Gasteiger partial charge in [0.1, 0.15) is 29.7 Å². The molecule has 0 amide bonds. The molecule has 0 aromatic heterocycles. The molecule has 0 aliphatic heterocycles. The van der Waals surface area contributed by atoms with E-state index in [1.54, 1.807) is 42.5 Å². The van der Waals surface area contributed by atoms with Crippen molar-refractivity contribution in [1.29, 1.82) is 0 Å². The summed E-state index contributed by atoms with van der Waals surface area (Å²) < 4.78 is 34.9. The third-order valence-corrected chi connectivity index (χ3v) is 4.91. The van der Waals surface area contributed by atoms with E-state index in [0.717, 1.165) is 18.2 Å². The molecule has 0 N–H and O–H groups in total. The fourth-order valence-electron chi connectivity index (χ4n) is 3.19. The van der Waals surface area contributed by atoms with Gasteiger partial charge in [0, 0.05) is 17.7 Å². The van der Waals surface area contributed by atoms with Crippen LogP contribution in [0, 0.1) is 15.9 Å². The van der Waals surface area contributed by atoms with Crippen LogP contribution in [0.25, 0.3) is 6.08 Å². The monoisotopic (exact) mass is 467 g/mol. The fraction of sp³-hybridized carbons (Fsp3) is 0.160. The number of hydrogen-bond donors (Lipinski definition) is 0. The van der Waals surface area contributed by atoms with Gasteiger partial charge in [0.15, 0.2) is 11.5 Å². The first kappa shape index (κ1) is 24.2. The maximum atomic E-state index is 13.6. The molecule has 0 saturated heterocycles. The van der Waals surface area contributed by atoms with E-state index in [2.05, 4.69) is 0 Å². The molecule has 0 saturated carbocycles. The minimum Gasteiger partial charge on any atom is -0.497 e. The van der Waals surface area contributed by atoms with Crippen LogP contribution in [0.3, 0.4) is 0 Å². The number of carbonyl (C=O) groups is 1. The normalized spacial score (nSPS) is 10.7. The minimum absolute atomic E-state index is 0.118. The Labute approximate surface area is 195 Å². The van der Waals surface area contributed by atoms with E-state index < -0.39 is 10.7 Å². The highest BCUT2D eigenvalue weighted by atomic mass is 19.1. The second-order valence-electron chi connectivity index (χ2n) is 6.99. The summed E-state index contributed by atoms with van der Waals surface area (Å²) in [5, 5.41) is 11.2. The molecule has 0 spiro atoms. The van der Waals surface area contributed by atoms with Crippen LogP contribution in [-0.4, -0.2) is 32.0 Å². The predicted molar refractivity (Wildman–Crippen MR) is 123 cm³/mol. The molecule has 3 aromatic carbocycles. The van der Waals surface area contributed by atoms with E-state index in [1.807, 2.05) is 0 Å². The summed E-state index contributed by atoms with van der Waals surface area (Å²) in [5.74, 6) is 0.254. The van der Waals surface area contributed by atoms with Crippen LogP contribution in [0.15, 0.2) is 60.7 Å². The SMILES string of the molecule is COc1ccc(OC)c(C(=O)/C=C/c2ccc(OC)c(COc3cc(F)ccc3[N+](=O)[O-])c2)c1. The Morgan fingerprint density at radius 1 is 0.941 bits per heavy atom. The highest BCUT2D eigenvalue weighted by molar-refractivity contribution is 6.08. The molecule has 3 aromatic rings. The van der Waals surface area contributed by atoms with Gasteiger partial charge in [-0.15, -0.1) is 0 Å². The van der Waals surface area contributed by atoms with Crippen molar-refractivity contribution in [3.05, 3.63) is 93.3 Å². The van der Waals surface area contributed by atoms with Crippen LogP contribution in [0.5, 0.6) is 23.0 Å². The molecule has 0 heterocycles. The van der Waals surface area contributed by atoms with Gasteiger partial charge in [0.05, 0.1) is 31.8 Å². The van der Waals surface area contributed by atoms with Gasteiger partial charge in [-0.1, -0.05) is 12.1 Å². The van der Waals surface area contributed by atoms with Crippen LogP contribution in [-0.2, 0) is 6.61 Å². The maximum absolute atomic E-state index is 13.6. The van der Waals surface area contributed by atoms with Gasteiger partial charge in [-0.05, 0) is 48.0 Å². The lowest BCUT2D eigenvalue weighted by atomic mass is 10.1. The van der Waals surface area contributed by atoms with Crippen molar-refractivity contribution in [2.45, 2.75) is 6.61 Å². The molecule has 176 valence electrons. The number of methoxy groups -OCH3 is 3. The Morgan fingerprint density at radius 3 is 2.35 bits per heavy atom. The fourth-order valence-corrected chi connectivity index (χ4v) is 3.19. The second kappa shape index (κ2) is 11.0. The van der Waals surface area contributed by atoms with Crippen molar-refractivity contribution < 1.29 is 33.1 Å². The summed E-state index contributed by atoms with van der Waals surface area (Å²) in [6, 6.07) is 13.0. The molecule has 9 heteroatoms. The van der Waals surface area contributed by atoms with Crippen LogP contribution in [0.2, 0.25) is 0 Å². The lowest BCUT2D eigenvalue weighted by Crippen LogP contribution is -2.02. The average Bonchev–Trinajstić information content (AvgIpc) is 2.85. The van der Waals surface area contributed by atoms with Gasteiger partial charge in [-0.25, -0.2) is 4.39 Å². The first-order chi connectivity index (χ1) is 16.4. The molecule has 0 radical (unpaired) electrons. The Bertz CT molecular complexity index is 1240. The zero-order valence-electron chi connectivity index (χ0n) is 18.7. The number of benzene rings is 3. The molecule has 34 heavy (non-hydrogen) atoms. The van der Waals surface area contributed by atoms with Crippen molar-refractivity contribution in [1.82, 2.24) is 0 Å².